The van der Waals surface area contributed by atoms with Gasteiger partial charge in [-0.25, -0.2) is 0 Å². The van der Waals surface area contributed by atoms with Crippen LogP contribution in [0.25, 0.3) is 0 Å². The van der Waals surface area contributed by atoms with Crippen molar-refractivity contribution in [2.75, 3.05) is 18.4 Å². The van der Waals surface area contributed by atoms with Crippen LogP contribution in [-0.2, 0) is 4.79 Å². The van der Waals surface area contributed by atoms with Gasteiger partial charge in [-0.05, 0) is 31.5 Å². The molecule has 0 aliphatic carbocycles. The van der Waals surface area contributed by atoms with Crippen molar-refractivity contribution in [1.82, 2.24) is 5.32 Å². The first kappa shape index (κ1) is 12.8. The molecule has 2 atom stereocenters. The maximum atomic E-state index is 12.1. The summed E-state index contributed by atoms with van der Waals surface area (Å²) < 4.78 is 0. The third kappa shape index (κ3) is 2.76. The average Bonchev–Trinajstić information content (AvgIpc) is 2.76. The number of Topliss-reactive ketones (excluding diaryl/α,β-unsaturated/α-hetero) is 1. The molecule has 1 aromatic carbocycles. The molecule has 0 unspecified atom stereocenters. The molecule has 96 valence electrons. The number of ketones is 1. The van der Waals surface area contributed by atoms with E-state index in [2.05, 4.69) is 17.6 Å². The second kappa shape index (κ2) is 5.31. The zero-order chi connectivity index (χ0) is 13.1. The number of hydrogen-bond donors (Lipinski definition) is 2. The minimum Gasteiger partial charge on any atom is -0.326 e. The number of benzene rings is 1. The Morgan fingerprint density at radius 2 is 2.11 bits per heavy atom. The summed E-state index contributed by atoms with van der Waals surface area (Å²) in [5, 5.41) is 6.08. The number of hydrogen-bond acceptors (Lipinski definition) is 3. The summed E-state index contributed by atoms with van der Waals surface area (Å²) in [5.41, 5.74) is 1.30. The van der Waals surface area contributed by atoms with Gasteiger partial charge in [0.1, 0.15) is 0 Å². The van der Waals surface area contributed by atoms with E-state index in [-0.39, 0.29) is 17.6 Å². The molecular formula is C14H18N2O2. The fourth-order valence-corrected chi connectivity index (χ4v) is 2.21. The van der Waals surface area contributed by atoms with Crippen LogP contribution in [0.1, 0.15) is 24.2 Å². The monoisotopic (exact) mass is 246 g/mol. The zero-order valence-corrected chi connectivity index (χ0v) is 10.7. The van der Waals surface area contributed by atoms with E-state index in [1.807, 2.05) is 0 Å². The van der Waals surface area contributed by atoms with Crippen LogP contribution in [0.2, 0.25) is 0 Å². The van der Waals surface area contributed by atoms with Crippen LogP contribution in [0.15, 0.2) is 24.3 Å². The SMILES string of the molecule is CC(=O)c1cccc(NC(=O)[C@@H]2CNC[C@H]2C)c1. The first-order valence-corrected chi connectivity index (χ1v) is 6.20. The lowest BCUT2D eigenvalue weighted by atomic mass is 9.97. The highest BCUT2D eigenvalue weighted by Gasteiger charge is 2.29. The van der Waals surface area contributed by atoms with Gasteiger partial charge in [-0.2, -0.15) is 0 Å². The summed E-state index contributed by atoms with van der Waals surface area (Å²) in [6.45, 7) is 5.19. The molecule has 4 heteroatoms. The highest BCUT2D eigenvalue weighted by molar-refractivity contribution is 5.97. The minimum absolute atomic E-state index is 0.00185. The summed E-state index contributed by atoms with van der Waals surface area (Å²) in [6, 6.07) is 7.05. The van der Waals surface area contributed by atoms with Crippen molar-refractivity contribution in [3.05, 3.63) is 29.8 Å². The Hall–Kier alpha value is -1.68. The van der Waals surface area contributed by atoms with Gasteiger partial charge in [-0.3, -0.25) is 9.59 Å². The highest BCUT2D eigenvalue weighted by atomic mass is 16.2. The molecule has 4 nitrogen and oxygen atoms in total. The van der Waals surface area contributed by atoms with E-state index < -0.39 is 0 Å². The third-order valence-corrected chi connectivity index (χ3v) is 3.39. The molecule has 1 fully saturated rings. The van der Waals surface area contributed by atoms with Crippen molar-refractivity contribution in [2.45, 2.75) is 13.8 Å². The van der Waals surface area contributed by atoms with Gasteiger partial charge in [0, 0.05) is 17.8 Å². The Kier molecular flexibility index (Phi) is 3.77. The van der Waals surface area contributed by atoms with Crippen LogP contribution >= 0.6 is 0 Å². The first-order chi connectivity index (χ1) is 8.58. The summed E-state index contributed by atoms with van der Waals surface area (Å²) in [5.74, 6) is 0.377. The molecule has 1 aliphatic heterocycles. The fraction of sp³-hybridized carbons (Fsp3) is 0.429. The third-order valence-electron chi connectivity index (χ3n) is 3.39. The molecule has 18 heavy (non-hydrogen) atoms. The van der Waals surface area contributed by atoms with Gasteiger partial charge in [0.25, 0.3) is 0 Å². The highest BCUT2D eigenvalue weighted by Crippen LogP contribution is 2.19. The van der Waals surface area contributed by atoms with Crippen molar-refractivity contribution in [1.29, 1.82) is 0 Å². The molecule has 1 aliphatic rings. The van der Waals surface area contributed by atoms with Crippen LogP contribution in [0.5, 0.6) is 0 Å². The molecule has 0 radical (unpaired) electrons. The lowest BCUT2D eigenvalue weighted by Gasteiger charge is -2.14. The standard InChI is InChI=1S/C14H18N2O2/c1-9-7-15-8-13(9)14(18)16-12-5-3-4-11(6-12)10(2)17/h3-6,9,13,15H,7-8H2,1-2H3,(H,16,18)/t9-,13-/m1/s1. The fourth-order valence-electron chi connectivity index (χ4n) is 2.21. The Morgan fingerprint density at radius 3 is 2.72 bits per heavy atom. The van der Waals surface area contributed by atoms with E-state index in [4.69, 9.17) is 0 Å². The number of nitrogens with one attached hydrogen (secondary N) is 2. The molecule has 1 saturated heterocycles. The number of carbonyl (C=O) groups is 2. The first-order valence-electron chi connectivity index (χ1n) is 6.20. The van der Waals surface area contributed by atoms with Gasteiger partial charge in [0.05, 0.1) is 5.92 Å². The van der Waals surface area contributed by atoms with Crippen molar-refractivity contribution in [2.24, 2.45) is 11.8 Å². The van der Waals surface area contributed by atoms with Crippen LogP contribution < -0.4 is 10.6 Å². The Labute approximate surface area is 107 Å². The van der Waals surface area contributed by atoms with Crippen LogP contribution in [0.4, 0.5) is 5.69 Å². The smallest absolute Gasteiger partial charge is 0.229 e. The maximum Gasteiger partial charge on any atom is 0.229 e. The van der Waals surface area contributed by atoms with E-state index in [9.17, 15) is 9.59 Å². The van der Waals surface area contributed by atoms with E-state index in [1.165, 1.54) is 6.92 Å². The van der Waals surface area contributed by atoms with E-state index in [0.717, 1.165) is 13.1 Å². The zero-order valence-electron chi connectivity index (χ0n) is 10.7. The molecule has 0 saturated carbocycles. The predicted molar refractivity (Wildman–Crippen MR) is 70.6 cm³/mol. The number of carbonyl (C=O) groups excluding carboxylic acids is 2. The lowest BCUT2D eigenvalue weighted by molar-refractivity contribution is -0.120. The average molecular weight is 246 g/mol. The molecule has 0 aromatic heterocycles. The van der Waals surface area contributed by atoms with Crippen molar-refractivity contribution in [3.8, 4) is 0 Å². The topological polar surface area (TPSA) is 58.2 Å². The van der Waals surface area contributed by atoms with Crippen LogP contribution in [0.3, 0.4) is 0 Å². The predicted octanol–water partition coefficient (Wildman–Crippen LogP) is 1.68. The Balaban J connectivity index is 2.07. The number of anilines is 1. The van der Waals surface area contributed by atoms with Gasteiger partial charge in [0.2, 0.25) is 5.91 Å². The molecule has 1 amide bonds. The second-order valence-corrected chi connectivity index (χ2v) is 4.87. The van der Waals surface area contributed by atoms with Crippen molar-refractivity contribution >= 4 is 17.4 Å². The molecule has 0 bridgehead atoms. The normalized spacial score (nSPS) is 22.8. The Bertz CT molecular complexity index is 471. The van der Waals surface area contributed by atoms with Gasteiger partial charge < -0.3 is 10.6 Å². The second-order valence-electron chi connectivity index (χ2n) is 4.87. The number of amides is 1. The van der Waals surface area contributed by atoms with E-state index in [0.29, 0.717) is 17.2 Å². The molecular weight excluding hydrogens is 228 g/mol. The van der Waals surface area contributed by atoms with Gasteiger partial charge in [-0.1, -0.05) is 19.1 Å². The van der Waals surface area contributed by atoms with Crippen molar-refractivity contribution < 1.29 is 9.59 Å². The number of rotatable bonds is 3. The van der Waals surface area contributed by atoms with Crippen molar-refractivity contribution in [3.63, 3.8) is 0 Å². The van der Waals surface area contributed by atoms with Crippen LogP contribution in [0, 0.1) is 11.8 Å². The summed E-state index contributed by atoms with van der Waals surface area (Å²) in [6.07, 6.45) is 0. The maximum absolute atomic E-state index is 12.1. The van der Waals surface area contributed by atoms with E-state index >= 15 is 0 Å². The quantitative estimate of drug-likeness (QED) is 0.798. The Morgan fingerprint density at radius 1 is 1.33 bits per heavy atom. The lowest BCUT2D eigenvalue weighted by Crippen LogP contribution is -2.27. The van der Waals surface area contributed by atoms with Gasteiger partial charge >= 0.3 is 0 Å². The molecule has 0 spiro atoms. The molecule has 2 rings (SSSR count). The molecule has 1 heterocycles. The molecule has 2 N–H and O–H groups in total. The largest absolute Gasteiger partial charge is 0.326 e. The van der Waals surface area contributed by atoms with Gasteiger partial charge in [-0.15, -0.1) is 0 Å². The van der Waals surface area contributed by atoms with Gasteiger partial charge in [0.15, 0.2) is 5.78 Å². The summed E-state index contributed by atoms with van der Waals surface area (Å²) in [4.78, 5) is 23.3. The summed E-state index contributed by atoms with van der Waals surface area (Å²) >= 11 is 0. The minimum atomic E-state index is 0.00185. The summed E-state index contributed by atoms with van der Waals surface area (Å²) in [7, 11) is 0. The van der Waals surface area contributed by atoms with Crippen LogP contribution in [-0.4, -0.2) is 24.8 Å². The van der Waals surface area contributed by atoms with E-state index in [1.54, 1.807) is 24.3 Å². The molecule has 1 aromatic rings.